The lowest BCUT2D eigenvalue weighted by molar-refractivity contribution is -0.121. The Morgan fingerprint density at radius 2 is 1.86 bits per heavy atom. The number of nitrogens with two attached hydrogens (primary N) is 1. The number of halogens is 1. The van der Waals surface area contributed by atoms with Crippen molar-refractivity contribution < 1.29 is 9.59 Å². The zero-order valence-electron chi connectivity index (χ0n) is 11.8. The highest BCUT2D eigenvalue weighted by Crippen LogP contribution is 2.22. The Morgan fingerprint density at radius 1 is 1.24 bits per heavy atom. The standard InChI is InChI=1S/C15H20ClN3O2/c16-13-3-1-11(2-4-13)9-12-5-7-19(8-6-12)10-14(20)18-15(17)21/h1-4,12H,5-10H2,(H3,17,18,20,21). The number of imide groups is 1. The molecule has 1 heterocycles. The van der Waals surface area contributed by atoms with E-state index >= 15 is 0 Å². The van der Waals surface area contributed by atoms with Crippen LogP contribution in [0.3, 0.4) is 0 Å². The second-order valence-electron chi connectivity index (χ2n) is 5.46. The van der Waals surface area contributed by atoms with Gasteiger partial charge in [-0.1, -0.05) is 23.7 Å². The summed E-state index contributed by atoms with van der Waals surface area (Å²) >= 11 is 5.88. The first-order valence-corrected chi connectivity index (χ1v) is 7.47. The van der Waals surface area contributed by atoms with E-state index in [-0.39, 0.29) is 12.5 Å². The van der Waals surface area contributed by atoms with E-state index in [9.17, 15) is 9.59 Å². The van der Waals surface area contributed by atoms with E-state index in [2.05, 4.69) is 22.3 Å². The summed E-state index contributed by atoms with van der Waals surface area (Å²) in [6.07, 6.45) is 3.14. The van der Waals surface area contributed by atoms with Crippen molar-refractivity contribution in [3.63, 3.8) is 0 Å². The van der Waals surface area contributed by atoms with Crippen molar-refractivity contribution >= 4 is 23.5 Å². The van der Waals surface area contributed by atoms with Gasteiger partial charge < -0.3 is 5.73 Å². The van der Waals surface area contributed by atoms with E-state index < -0.39 is 6.03 Å². The van der Waals surface area contributed by atoms with Crippen molar-refractivity contribution in [1.29, 1.82) is 0 Å². The number of carbonyl (C=O) groups is 2. The van der Waals surface area contributed by atoms with Gasteiger partial charge in [0, 0.05) is 5.02 Å². The molecule has 21 heavy (non-hydrogen) atoms. The van der Waals surface area contributed by atoms with E-state index in [1.54, 1.807) is 0 Å². The summed E-state index contributed by atoms with van der Waals surface area (Å²) in [5.41, 5.74) is 6.21. The lowest BCUT2D eigenvalue weighted by atomic mass is 9.90. The lowest BCUT2D eigenvalue weighted by Crippen LogP contribution is -2.44. The Bertz CT molecular complexity index is 496. The Labute approximate surface area is 129 Å². The zero-order chi connectivity index (χ0) is 15.2. The molecule has 1 aromatic carbocycles. The predicted octanol–water partition coefficient (Wildman–Crippen LogP) is 1.79. The molecule has 5 nitrogen and oxygen atoms in total. The van der Waals surface area contributed by atoms with Gasteiger partial charge in [-0.05, 0) is 56.0 Å². The molecule has 0 aromatic heterocycles. The summed E-state index contributed by atoms with van der Waals surface area (Å²) in [7, 11) is 0. The second kappa shape index (κ2) is 7.43. The van der Waals surface area contributed by atoms with Crippen LogP contribution in [-0.4, -0.2) is 36.5 Å². The maximum Gasteiger partial charge on any atom is 0.318 e. The van der Waals surface area contributed by atoms with E-state index in [1.807, 2.05) is 12.1 Å². The molecule has 0 saturated carbocycles. The molecule has 1 aromatic rings. The van der Waals surface area contributed by atoms with Crippen LogP contribution in [0.25, 0.3) is 0 Å². The molecular weight excluding hydrogens is 290 g/mol. The molecule has 114 valence electrons. The smallest absolute Gasteiger partial charge is 0.318 e. The molecule has 6 heteroatoms. The monoisotopic (exact) mass is 309 g/mol. The van der Waals surface area contributed by atoms with Gasteiger partial charge in [0.1, 0.15) is 0 Å². The van der Waals surface area contributed by atoms with Crippen LogP contribution in [0, 0.1) is 5.92 Å². The summed E-state index contributed by atoms with van der Waals surface area (Å²) in [4.78, 5) is 24.1. The average molecular weight is 310 g/mol. The Balaban J connectivity index is 1.74. The van der Waals surface area contributed by atoms with Gasteiger partial charge in [-0.15, -0.1) is 0 Å². The van der Waals surface area contributed by atoms with Gasteiger partial charge in [-0.25, -0.2) is 4.79 Å². The van der Waals surface area contributed by atoms with Crippen LogP contribution in [-0.2, 0) is 11.2 Å². The highest BCUT2D eigenvalue weighted by molar-refractivity contribution is 6.30. The maximum atomic E-state index is 11.5. The molecule has 1 aliphatic rings. The normalized spacial score (nSPS) is 16.6. The zero-order valence-corrected chi connectivity index (χ0v) is 12.6. The second-order valence-corrected chi connectivity index (χ2v) is 5.90. The number of urea groups is 1. The first kappa shape index (κ1) is 15.8. The van der Waals surface area contributed by atoms with Crippen LogP contribution in [0.2, 0.25) is 5.02 Å². The van der Waals surface area contributed by atoms with Gasteiger partial charge >= 0.3 is 6.03 Å². The van der Waals surface area contributed by atoms with Crippen molar-refractivity contribution in [2.75, 3.05) is 19.6 Å². The summed E-state index contributed by atoms with van der Waals surface area (Å²) in [6.45, 7) is 1.96. The Hall–Kier alpha value is -1.59. The number of likely N-dealkylation sites (tertiary alicyclic amines) is 1. The fraction of sp³-hybridized carbons (Fsp3) is 0.467. The molecule has 3 amide bonds. The molecule has 2 rings (SSSR count). The number of hydrogen-bond donors (Lipinski definition) is 2. The van der Waals surface area contributed by atoms with Crippen LogP contribution in [0.15, 0.2) is 24.3 Å². The van der Waals surface area contributed by atoms with E-state index in [1.165, 1.54) is 5.56 Å². The Morgan fingerprint density at radius 3 is 2.43 bits per heavy atom. The number of primary amides is 1. The van der Waals surface area contributed by atoms with Crippen LogP contribution < -0.4 is 11.1 Å². The lowest BCUT2D eigenvalue weighted by Gasteiger charge is -2.31. The highest BCUT2D eigenvalue weighted by atomic mass is 35.5. The molecule has 0 atom stereocenters. The van der Waals surface area contributed by atoms with E-state index in [0.29, 0.717) is 5.92 Å². The fourth-order valence-corrected chi connectivity index (χ4v) is 2.81. The molecule has 1 aliphatic heterocycles. The van der Waals surface area contributed by atoms with Gasteiger partial charge in [-0.3, -0.25) is 15.0 Å². The highest BCUT2D eigenvalue weighted by Gasteiger charge is 2.21. The minimum Gasteiger partial charge on any atom is -0.351 e. The Kier molecular flexibility index (Phi) is 5.59. The van der Waals surface area contributed by atoms with Crippen molar-refractivity contribution in [1.82, 2.24) is 10.2 Å². The third-order valence-corrected chi connectivity index (χ3v) is 4.03. The molecule has 0 radical (unpaired) electrons. The summed E-state index contributed by atoms with van der Waals surface area (Å²) < 4.78 is 0. The van der Waals surface area contributed by atoms with E-state index in [0.717, 1.165) is 37.4 Å². The van der Waals surface area contributed by atoms with Gasteiger partial charge in [-0.2, -0.15) is 0 Å². The van der Waals surface area contributed by atoms with E-state index in [4.69, 9.17) is 17.3 Å². The number of amides is 3. The summed E-state index contributed by atoms with van der Waals surface area (Å²) in [5, 5.41) is 2.85. The molecule has 0 aliphatic carbocycles. The molecule has 0 bridgehead atoms. The van der Waals surface area contributed by atoms with Crippen molar-refractivity contribution in [3.8, 4) is 0 Å². The minimum atomic E-state index is -0.794. The summed E-state index contributed by atoms with van der Waals surface area (Å²) in [5.74, 6) is 0.292. The third-order valence-electron chi connectivity index (χ3n) is 3.77. The quantitative estimate of drug-likeness (QED) is 0.890. The van der Waals surface area contributed by atoms with Gasteiger partial charge in [0.25, 0.3) is 0 Å². The molecular formula is C15H20ClN3O2. The maximum absolute atomic E-state index is 11.5. The molecule has 3 N–H and O–H groups in total. The minimum absolute atomic E-state index is 0.233. The van der Waals surface area contributed by atoms with Gasteiger partial charge in [0.15, 0.2) is 0 Å². The largest absolute Gasteiger partial charge is 0.351 e. The first-order chi connectivity index (χ1) is 10.0. The number of rotatable bonds is 4. The number of carbonyl (C=O) groups excluding carboxylic acids is 2. The van der Waals surface area contributed by atoms with Gasteiger partial charge in [0.05, 0.1) is 6.54 Å². The summed E-state index contributed by atoms with van der Waals surface area (Å²) in [6, 6.07) is 7.17. The molecule has 1 fully saturated rings. The number of nitrogens with one attached hydrogen (secondary N) is 1. The molecule has 0 spiro atoms. The van der Waals surface area contributed by atoms with Crippen LogP contribution in [0.4, 0.5) is 4.79 Å². The van der Waals surface area contributed by atoms with Crippen LogP contribution >= 0.6 is 11.6 Å². The average Bonchev–Trinajstić information content (AvgIpc) is 2.42. The first-order valence-electron chi connectivity index (χ1n) is 7.09. The van der Waals surface area contributed by atoms with Gasteiger partial charge in [0.2, 0.25) is 5.91 Å². The SMILES string of the molecule is NC(=O)NC(=O)CN1CCC(Cc2ccc(Cl)cc2)CC1. The number of nitrogens with zero attached hydrogens (tertiary/aromatic N) is 1. The topological polar surface area (TPSA) is 75.4 Å². The predicted molar refractivity (Wildman–Crippen MR) is 82.0 cm³/mol. The third kappa shape index (κ3) is 5.36. The van der Waals surface area contributed by atoms with Crippen LogP contribution in [0.5, 0.6) is 0 Å². The van der Waals surface area contributed by atoms with Crippen LogP contribution in [0.1, 0.15) is 18.4 Å². The number of benzene rings is 1. The van der Waals surface area contributed by atoms with Crippen molar-refractivity contribution in [2.24, 2.45) is 11.7 Å². The van der Waals surface area contributed by atoms with Crippen molar-refractivity contribution in [2.45, 2.75) is 19.3 Å². The molecule has 1 saturated heterocycles. The fourth-order valence-electron chi connectivity index (χ4n) is 2.68. The number of piperidine rings is 1. The van der Waals surface area contributed by atoms with Crippen molar-refractivity contribution in [3.05, 3.63) is 34.9 Å². The number of hydrogen-bond acceptors (Lipinski definition) is 3. The molecule has 0 unspecified atom stereocenters.